The van der Waals surface area contributed by atoms with Gasteiger partial charge in [-0.3, -0.25) is 0 Å². The lowest BCUT2D eigenvalue weighted by Gasteiger charge is -2.26. The van der Waals surface area contributed by atoms with Crippen LogP contribution in [0.3, 0.4) is 0 Å². The summed E-state index contributed by atoms with van der Waals surface area (Å²) in [6.07, 6.45) is 4.04. The van der Waals surface area contributed by atoms with E-state index in [1.807, 2.05) is 42.5 Å². The fraction of sp³-hybridized carbons (Fsp3) is 0.211. The van der Waals surface area contributed by atoms with E-state index in [1.165, 1.54) is 6.33 Å². The maximum Gasteiger partial charge on any atom is 0.189 e. The smallest absolute Gasteiger partial charge is 0.189 e. The Balaban J connectivity index is 1.40. The van der Waals surface area contributed by atoms with Gasteiger partial charge in [0.05, 0.1) is 24.9 Å². The van der Waals surface area contributed by atoms with Gasteiger partial charge in [-0.1, -0.05) is 30.3 Å². The second kappa shape index (κ2) is 7.26. The number of para-hydroxylation sites is 1. The summed E-state index contributed by atoms with van der Waals surface area (Å²) in [5.74, 6) is 1.35. The number of hydrogen-bond acceptors (Lipinski definition) is 4. The molecule has 0 fully saturated rings. The summed E-state index contributed by atoms with van der Waals surface area (Å²) in [6, 6.07) is 16.1. The summed E-state index contributed by atoms with van der Waals surface area (Å²) < 4.78 is 7.39. The van der Waals surface area contributed by atoms with E-state index in [1.54, 1.807) is 11.0 Å². The van der Waals surface area contributed by atoms with Gasteiger partial charge in [0.25, 0.3) is 0 Å². The Morgan fingerprint density at radius 3 is 2.88 bits per heavy atom. The van der Waals surface area contributed by atoms with Crippen molar-refractivity contribution in [1.29, 1.82) is 0 Å². The first-order valence-electron chi connectivity index (χ1n) is 8.52. The molecule has 7 heteroatoms. The number of nitrogens with zero attached hydrogens (tertiary/aromatic N) is 4. The molecule has 0 saturated carbocycles. The number of fused-ring (bicyclic) bond motifs is 1. The van der Waals surface area contributed by atoms with Crippen molar-refractivity contribution in [3.8, 4) is 11.4 Å². The highest BCUT2D eigenvalue weighted by Gasteiger charge is 2.21. The highest BCUT2D eigenvalue weighted by Crippen LogP contribution is 2.31. The molecule has 1 aliphatic rings. The van der Waals surface area contributed by atoms with Crippen molar-refractivity contribution in [2.45, 2.75) is 19.0 Å². The van der Waals surface area contributed by atoms with Crippen LogP contribution < -0.4 is 15.8 Å². The van der Waals surface area contributed by atoms with Gasteiger partial charge in [-0.05, 0) is 23.8 Å². The van der Waals surface area contributed by atoms with Gasteiger partial charge in [-0.25, -0.2) is 14.7 Å². The molecular formula is C19H20N6O. The summed E-state index contributed by atoms with van der Waals surface area (Å²) in [5, 5.41) is 7.42. The molecule has 0 aliphatic carbocycles. The fourth-order valence-electron chi connectivity index (χ4n) is 2.99. The number of aromatic nitrogens is 3. The van der Waals surface area contributed by atoms with E-state index in [0.717, 1.165) is 29.0 Å². The standard InChI is InChI=1S/C19H20N6O/c20-19(24-17-9-10-26-18-4-2-1-3-16(17)18)22-11-14-5-7-15(8-6-14)25-13-21-12-23-25/h1-8,12-13,17H,9-11H2,(H3,20,22,24). The zero-order valence-corrected chi connectivity index (χ0v) is 14.2. The number of hydrogen-bond donors (Lipinski definition) is 2. The minimum absolute atomic E-state index is 0.124. The van der Waals surface area contributed by atoms with Gasteiger partial charge in [0.15, 0.2) is 5.96 Å². The van der Waals surface area contributed by atoms with Crippen LogP contribution in [0.1, 0.15) is 23.6 Å². The second-order valence-electron chi connectivity index (χ2n) is 6.08. The Morgan fingerprint density at radius 2 is 2.08 bits per heavy atom. The molecule has 3 aromatic rings. The van der Waals surface area contributed by atoms with Crippen LogP contribution >= 0.6 is 0 Å². The van der Waals surface area contributed by atoms with Gasteiger partial charge in [0.2, 0.25) is 0 Å². The number of benzene rings is 2. The number of rotatable bonds is 4. The predicted molar refractivity (Wildman–Crippen MR) is 99.1 cm³/mol. The number of nitrogens with one attached hydrogen (secondary N) is 1. The number of nitrogens with two attached hydrogens (primary N) is 1. The van der Waals surface area contributed by atoms with Crippen LogP contribution in [0.2, 0.25) is 0 Å². The maximum atomic E-state index is 6.09. The van der Waals surface area contributed by atoms with Gasteiger partial charge in [0.1, 0.15) is 18.4 Å². The number of aliphatic imine (C=N–C) groups is 1. The lowest BCUT2D eigenvalue weighted by molar-refractivity contribution is 0.262. The number of guanidine groups is 1. The molecular weight excluding hydrogens is 328 g/mol. The van der Waals surface area contributed by atoms with Crippen molar-refractivity contribution >= 4 is 5.96 Å². The van der Waals surface area contributed by atoms with Crippen LogP contribution in [0.5, 0.6) is 5.75 Å². The van der Waals surface area contributed by atoms with Crippen molar-refractivity contribution in [3.05, 3.63) is 72.3 Å². The van der Waals surface area contributed by atoms with Crippen molar-refractivity contribution in [2.24, 2.45) is 10.7 Å². The monoisotopic (exact) mass is 348 g/mol. The average Bonchev–Trinajstić information content (AvgIpc) is 3.22. The molecule has 0 radical (unpaired) electrons. The molecule has 7 nitrogen and oxygen atoms in total. The quantitative estimate of drug-likeness (QED) is 0.557. The molecule has 0 spiro atoms. The van der Waals surface area contributed by atoms with Gasteiger partial charge >= 0.3 is 0 Å². The Morgan fingerprint density at radius 1 is 1.23 bits per heavy atom. The lowest BCUT2D eigenvalue weighted by Crippen LogP contribution is -2.37. The van der Waals surface area contributed by atoms with Crippen molar-refractivity contribution in [1.82, 2.24) is 20.1 Å². The van der Waals surface area contributed by atoms with Crippen LogP contribution in [-0.4, -0.2) is 27.3 Å². The van der Waals surface area contributed by atoms with E-state index in [-0.39, 0.29) is 6.04 Å². The van der Waals surface area contributed by atoms with Crippen molar-refractivity contribution in [2.75, 3.05) is 6.61 Å². The summed E-state index contributed by atoms with van der Waals surface area (Å²) in [7, 11) is 0. The summed E-state index contributed by atoms with van der Waals surface area (Å²) in [4.78, 5) is 8.41. The Labute approximate surface area is 151 Å². The first-order chi connectivity index (χ1) is 12.8. The fourth-order valence-corrected chi connectivity index (χ4v) is 2.99. The molecule has 4 rings (SSSR count). The van der Waals surface area contributed by atoms with Gasteiger partial charge in [0, 0.05) is 12.0 Å². The predicted octanol–water partition coefficient (Wildman–Crippen LogP) is 2.20. The molecule has 1 aliphatic heterocycles. The van der Waals surface area contributed by atoms with E-state index < -0.39 is 0 Å². The van der Waals surface area contributed by atoms with Crippen molar-refractivity contribution in [3.63, 3.8) is 0 Å². The zero-order chi connectivity index (χ0) is 17.8. The molecule has 3 N–H and O–H groups in total. The largest absolute Gasteiger partial charge is 0.493 e. The van der Waals surface area contributed by atoms with E-state index >= 15 is 0 Å². The lowest BCUT2D eigenvalue weighted by atomic mass is 10.0. The molecule has 132 valence electrons. The van der Waals surface area contributed by atoms with Crippen LogP contribution in [0.25, 0.3) is 5.69 Å². The highest BCUT2D eigenvalue weighted by molar-refractivity contribution is 5.78. The summed E-state index contributed by atoms with van der Waals surface area (Å²) in [6.45, 7) is 1.19. The Bertz CT molecular complexity index is 889. The van der Waals surface area contributed by atoms with Crippen LogP contribution in [0.15, 0.2) is 66.2 Å². The van der Waals surface area contributed by atoms with Crippen LogP contribution in [0, 0.1) is 0 Å². The minimum Gasteiger partial charge on any atom is -0.493 e. The third kappa shape index (κ3) is 3.51. The first kappa shape index (κ1) is 16.1. The molecule has 2 heterocycles. The molecule has 0 saturated heterocycles. The first-order valence-corrected chi connectivity index (χ1v) is 8.52. The zero-order valence-electron chi connectivity index (χ0n) is 14.2. The topological polar surface area (TPSA) is 90.4 Å². The molecule has 0 bridgehead atoms. The van der Waals surface area contributed by atoms with Gasteiger partial charge in [-0.2, -0.15) is 5.10 Å². The Kier molecular flexibility index (Phi) is 4.51. The van der Waals surface area contributed by atoms with E-state index in [2.05, 4.69) is 26.5 Å². The SMILES string of the molecule is NC(=NCc1ccc(-n2cncn2)cc1)NC1CCOc2ccccc21. The summed E-state index contributed by atoms with van der Waals surface area (Å²) in [5.41, 5.74) is 9.25. The normalized spacial score (nSPS) is 16.6. The third-order valence-electron chi connectivity index (χ3n) is 4.33. The van der Waals surface area contributed by atoms with Gasteiger partial charge < -0.3 is 15.8 Å². The van der Waals surface area contributed by atoms with Gasteiger partial charge in [-0.15, -0.1) is 0 Å². The van der Waals surface area contributed by atoms with Crippen LogP contribution in [0.4, 0.5) is 0 Å². The summed E-state index contributed by atoms with van der Waals surface area (Å²) >= 11 is 0. The maximum absolute atomic E-state index is 6.09. The van der Waals surface area contributed by atoms with E-state index in [4.69, 9.17) is 10.5 Å². The average molecular weight is 348 g/mol. The molecule has 1 aromatic heterocycles. The van der Waals surface area contributed by atoms with E-state index in [9.17, 15) is 0 Å². The molecule has 26 heavy (non-hydrogen) atoms. The molecule has 1 unspecified atom stereocenters. The Hall–Kier alpha value is -3.35. The third-order valence-corrected chi connectivity index (χ3v) is 4.33. The second-order valence-corrected chi connectivity index (χ2v) is 6.08. The molecule has 0 amide bonds. The molecule has 2 aromatic carbocycles. The van der Waals surface area contributed by atoms with E-state index in [0.29, 0.717) is 19.1 Å². The van der Waals surface area contributed by atoms with Crippen LogP contribution in [-0.2, 0) is 6.54 Å². The minimum atomic E-state index is 0.124. The molecule has 1 atom stereocenters. The van der Waals surface area contributed by atoms with Crippen molar-refractivity contribution < 1.29 is 4.74 Å². The number of ether oxygens (including phenoxy) is 1. The highest BCUT2D eigenvalue weighted by atomic mass is 16.5.